The van der Waals surface area contributed by atoms with Gasteiger partial charge in [-0.1, -0.05) is 33.1 Å². The van der Waals surface area contributed by atoms with E-state index in [9.17, 15) is 0 Å². The minimum Gasteiger partial charge on any atom is -0.370 e. The van der Waals surface area contributed by atoms with Gasteiger partial charge >= 0.3 is 0 Å². The molecule has 1 aliphatic rings. The average Bonchev–Trinajstić information content (AvgIpc) is 2.46. The Balaban J connectivity index is 2.08. The van der Waals surface area contributed by atoms with Crippen molar-refractivity contribution in [2.45, 2.75) is 76.7 Å². The van der Waals surface area contributed by atoms with E-state index in [2.05, 4.69) is 33.0 Å². The first-order valence-electron chi connectivity index (χ1n) is 8.34. The third-order valence-electron chi connectivity index (χ3n) is 4.10. The van der Waals surface area contributed by atoms with Crippen LogP contribution in [-0.2, 0) is 5.75 Å². The molecule has 0 atom stereocenters. The van der Waals surface area contributed by atoms with Crippen molar-refractivity contribution < 1.29 is 0 Å². The van der Waals surface area contributed by atoms with Crippen molar-refractivity contribution in [1.82, 2.24) is 9.97 Å². The molecule has 1 N–H and O–H groups in total. The second kappa shape index (κ2) is 8.02. The van der Waals surface area contributed by atoms with Crippen LogP contribution in [0.15, 0.2) is 0 Å². The second-order valence-corrected chi connectivity index (χ2v) is 7.53. The molecule has 1 saturated carbocycles. The number of nitrogens with one attached hydrogen (secondary N) is 1. The van der Waals surface area contributed by atoms with Crippen LogP contribution in [-0.4, -0.2) is 21.8 Å². The van der Waals surface area contributed by atoms with Gasteiger partial charge < -0.3 is 5.32 Å². The van der Waals surface area contributed by atoms with Crippen LogP contribution in [0.3, 0.4) is 0 Å². The summed E-state index contributed by atoms with van der Waals surface area (Å²) < 4.78 is 0. The van der Waals surface area contributed by atoms with E-state index in [0.29, 0.717) is 5.92 Å². The molecule has 0 saturated heterocycles. The van der Waals surface area contributed by atoms with Crippen molar-refractivity contribution in [3.05, 3.63) is 17.1 Å². The van der Waals surface area contributed by atoms with E-state index in [0.717, 1.165) is 34.9 Å². The fourth-order valence-electron chi connectivity index (χ4n) is 3.12. The van der Waals surface area contributed by atoms with E-state index >= 15 is 0 Å². The summed E-state index contributed by atoms with van der Waals surface area (Å²) in [6.07, 6.45) is 6.95. The number of anilines is 1. The first kappa shape index (κ1) is 16.6. The van der Waals surface area contributed by atoms with Gasteiger partial charge in [-0.15, -0.1) is 0 Å². The molecule has 0 aliphatic heterocycles. The zero-order valence-electron chi connectivity index (χ0n) is 13.9. The van der Waals surface area contributed by atoms with E-state index in [1.165, 1.54) is 37.7 Å². The van der Waals surface area contributed by atoms with Crippen LogP contribution >= 0.6 is 11.8 Å². The van der Waals surface area contributed by atoms with Gasteiger partial charge in [0.2, 0.25) is 0 Å². The standard InChI is InChI=1S/C17H29N3S/c1-5-18-17-16(12(2)3)13(4)19-15(20-17)11-21-14-9-7-6-8-10-14/h12,14H,5-11H2,1-4H3,(H,18,19,20). The predicted molar refractivity (Wildman–Crippen MR) is 93.2 cm³/mol. The van der Waals surface area contributed by atoms with E-state index in [-0.39, 0.29) is 0 Å². The molecule has 1 aromatic rings. The van der Waals surface area contributed by atoms with Gasteiger partial charge in [-0.2, -0.15) is 11.8 Å². The van der Waals surface area contributed by atoms with Gasteiger partial charge in [0.1, 0.15) is 11.6 Å². The van der Waals surface area contributed by atoms with Crippen molar-refractivity contribution in [2.75, 3.05) is 11.9 Å². The largest absolute Gasteiger partial charge is 0.370 e. The number of hydrogen-bond acceptors (Lipinski definition) is 4. The molecule has 0 amide bonds. The number of aryl methyl sites for hydroxylation is 1. The number of thioether (sulfide) groups is 1. The molecule has 0 aromatic carbocycles. The van der Waals surface area contributed by atoms with Gasteiger partial charge in [-0.05, 0) is 32.6 Å². The molecule has 0 bridgehead atoms. The Morgan fingerprint density at radius 1 is 1.19 bits per heavy atom. The van der Waals surface area contributed by atoms with Crippen molar-refractivity contribution in [3.8, 4) is 0 Å². The molecule has 1 fully saturated rings. The fraction of sp³-hybridized carbons (Fsp3) is 0.765. The Morgan fingerprint density at radius 2 is 1.90 bits per heavy atom. The molecule has 2 rings (SSSR count). The van der Waals surface area contributed by atoms with E-state index in [1.807, 2.05) is 11.8 Å². The maximum atomic E-state index is 4.79. The van der Waals surface area contributed by atoms with E-state index in [1.54, 1.807) is 0 Å². The predicted octanol–water partition coefficient (Wildman–Crippen LogP) is 4.91. The van der Waals surface area contributed by atoms with Crippen LogP contribution in [0.2, 0.25) is 0 Å². The van der Waals surface area contributed by atoms with Crippen molar-refractivity contribution in [1.29, 1.82) is 0 Å². The Morgan fingerprint density at radius 3 is 2.52 bits per heavy atom. The molecule has 3 nitrogen and oxygen atoms in total. The normalized spacial score (nSPS) is 16.4. The van der Waals surface area contributed by atoms with Crippen LogP contribution in [0.4, 0.5) is 5.82 Å². The first-order valence-corrected chi connectivity index (χ1v) is 9.39. The molecule has 0 unspecified atom stereocenters. The van der Waals surface area contributed by atoms with Crippen molar-refractivity contribution >= 4 is 17.6 Å². The number of hydrogen-bond donors (Lipinski definition) is 1. The lowest BCUT2D eigenvalue weighted by molar-refractivity contribution is 0.516. The highest BCUT2D eigenvalue weighted by molar-refractivity contribution is 7.99. The van der Waals surface area contributed by atoms with Crippen LogP contribution in [0.5, 0.6) is 0 Å². The molecule has 0 spiro atoms. The summed E-state index contributed by atoms with van der Waals surface area (Å²) in [5, 5.41) is 4.23. The molecule has 118 valence electrons. The van der Waals surface area contributed by atoms with Gasteiger partial charge in [0.25, 0.3) is 0 Å². The maximum Gasteiger partial charge on any atom is 0.140 e. The van der Waals surface area contributed by atoms with Gasteiger partial charge in [0, 0.05) is 23.1 Å². The first-order chi connectivity index (χ1) is 10.1. The van der Waals surface area contributed by atoms with Crippen LogP contribution in [0, 0.1) is 6.92 Å². The van der Waals surface area contributed by atoms with Crippen molar-refractivity contribution in [3.63, 3.8) is 0 Å². The van der Waals surface area contributed by atoms with E-state index in [4.69, 9.17) is 9.97 Å². The number of aromatic nitrogens is 2. The maximum absolute atomic E-state index is 4.79. The van der Waals surface area contributed by atoms with Crippen molar-refractivity contribution in [2.24, 2.45) is 0 Å². The summed E-state index contributed by atoms with van der Waals surface area (Å²) in [6, 6.07) is 0. The van der Waals surface area contributed by atoms with Gasteiger partial charge in [0.15, 0.2) is 0 Å². The molecule has 1 aliphatic carbocycles. The van der Waals surface area contributed by atoms with Crippen LogP contribution in [0.1, 0.15) is 75.9 Å². The summed E-state index contributed by atoms with van der Waals surface area (Å²) in [5.74, 6) is 3.43. The highest BCUT2D eigenvalue weighted by Gasteiger charge is 2.17. The van der Waals surface area contributed by atoms with Gasteiger partial charge in [-0.25, -0.2) is 9.97 Å². The molecule has 21 heavy (non-hydrogen) atoms. The summed E-state index contributed by atoms with van der Waals surface area (Å²) >= 11 is 2.05. The molecule has 4 heteroatoms. The zero-order chi connectivity index (χ0) is 15.2. The highest BCUT2D eigenvalue weighted by Crippen LogP contribution is 2.31. The highest BCUT2D eigenvalue weighted by atomic mass is 32.2. The second-order valence-electron chi connectivity index (χ2n) is 6.24. The summed E-state index contributed by atoms with van der Waals surface area (Å²) in [7, 11) is 0. The number of nitrogens with zero attached hydrogens (tertiary/aromatic N) is 2. The SMILES string of the molecule is CCNc1nc(CSC2CCCCC2)nc(C)c1C(C)C. The monoisotopic (exact) mass is 307 g/mol. The minimum absolute atomic E-state index is 0.457. The fourth-order valence-corrected chi connectivity index (χ4v) is 4.30. The molecular formula is C17H29N3S. The molecule has 1 heterocycles. The summed E-state index contributed by atoms with van der Waals surface area (Å²) in [5.41, 5.74) is 2.40. The molecular weight excluding hydrogens is 278 g/mol. The van der Waals surface area contributed by atoms with Gasteiger partial charge in [-0.3, -0.25) is 0 Å². The van der Waals surface area contributed by atoms with Crippen LogP contribution in [0.25, 0.3) is 0 Å². The quantitative estimate of drug-likeness (QED) is 0.810. The third-order valence-corrected chi connectivity index (χ3v) is 5.47. The minimum atomic E-state index is 0.457. The molecule has 1 aromatic heterocycles. The summed E-state index contributed by atoms with van der Waals surface area (Å²) in [4.78, 5) is 9.54. The lowest BCUT2D eigenvalue weighted by Gasteiger charge is -2.21. The lowest BCUT2D eigenvalue weighted by Crippen LogP contribution is -2.12. The number of rotatable bonds is 6. The Hall–Kier alpha value is -0.770. The zero-order valence-corrected chi connectivity index (χ0v) is 14.7. The smallest absolute Gasteiger partial charge is 0.140 e. The Labute approximate surface area is 133 Å². The van der Waals surface area contributed by atoms with E-state index < -0.39 is 0 Å². The Kier molecular flexibility index (Phi) is 6.34. The van der Waals surface area contributed by atoms with Crippen LogP contribution < -0.4 is 5.32 Å². The lowest BCUT2D eigenvalue weighted by atomic mass is 10.0. The molecule has 0 radical (unpaired) electrons. The third kappa shape index (κ3) is 4.60. The summed E-state index contributed by atoms with van der Waals surface area (Å²) in [6.45, 7) is 9.57. The Bertz CT molecular complexity index is 454. The topological polar surface area (TPSA) is 37.8 Å². The van der Waals surface area contributed by atoms with Gasteiger partial charge in [0.05, 0.1) is 5.75 Å². The average molecular weight is 308 g/mol.